The van der Waals surface area contributed by atoms with Crippen molar-refractivity contribution in [3.63, 3.8) is 0 Å². The van der Waals surface area contributed by atoms with E-state index >= 15 is 0 Å². The van der Waals surface area contributed by atoms with Crippen LogP contribution in [0.25, 0.3) is 0 Å². The average molecular weight is 482 g/mol. The minimum atomic E-state index is -0.768. The molecule has 176 valence electrons. The quantitative estimate of drug-likeness (QED) is 0.584. The van der Waals surface area contributed by atoms with Crippen molar-refractivity contribution in [1.29, 1.82) is 0 Å². The Balaban J connectivity index is 1.54. The van der Waals surface area contributed by atoms with E-state index in [0.717, 1.165) is 4.90 Å². The van der Waals surface area contributed by atoms with E-state index in [1.165, 1.54) is 16.7 Å². The molecular weight excluding hydrogens is 458 g/mol. The van der Waals surface area contributed by atoms with E-state index in [0.29, 0.717) is 11.3 Å². The van der Waals surface area contributed by atoms with Crippen molar-refractivity contribution in [2.75, 3.05) is 30.4 Å². The van der Waals surface area contributed by atoms with Gasteiger partial charge in [-0.25, -0.2) is 9.59 Å². The number of urea groups is 1. The van der Waals surface area contributed by atoms with Crippen LogP contribution in [0.1, 0.15) is 18.5 Å². The fraction of sp³-hybridized carbons (Fsp3) is 0.250. The van der Waals surface area contributed by atoms with Gasteiger partial charge in [-0.3, -0.25) is 14.5 Å². The fourth-order valence-corrected chi connectivity index (χ4v) is 4.67. The summed E-state index contributed by atoms with van der Waals surface area (Å²) < 4.78 is 10.6. The number of hydrogen-bond donors (Lipinski definition) is 2. The van der Waals surface area contributed by atoms with Gasteiger partial charge in [0.25, 0.3) is 0 Å². The number of fused-ring (bicyclic) bond motifs is 1. The van der Waals surface area contributed by atoms with Gasteiger partial charge in [-0.1, -0.05) is 42.5 Å². The Morgan fingerprint density at radius 3 is 2.56 bits per heavy atom. The predicted octanol–water partition coefficient (Wildman–Crippen LogP) is 2.54. The van der Waals surface area contributed by atoms with Crippen molar-refractivity contribution in [2.45, 2.75) is 17.9 Å². The second-order valence-electron chi connectivity index (χ2n) is 7.45. The summed E-state index contributed by atoms with van der Waals surface area (Å²) in [7, 11) is 0. The van der Waals surface area contributed by atoms with Crippen LogP contribution in [0.2, 0.25) is 0 Å². The molecule has 4 rings (SSSR count). The van der Waals surface area contributed by atoms with E-state index in [-0.39, 0.29) is 42.7 Å². The van der Waals surface area contributed by atoms with E-state index in [1.807, 2.05) is 18.2 Å². The Hall–Kier alpha value is -3.79. The first-order chi connectivity index (χ1) is 16.5. The second-order valence-corrected chi connectivity index (χ2v) is 8.47. The second kappa shape index (κ2) is 10.4. The summed E-state index contributed by atoms with van der Waals surface area (Å²) >= 11 is 1.41. The van der Waals surface area contributed by atoms with E-state index in [4.69, 9.17) is 9.47 Å². The number of rotatable bonds is 7. The van der Waals surface area contributed by atoms with Crippen LogP contribution in [0.3, 0.4) is 0 Å². The van der Waals surface area contributed by atoms with Crippen molar-refractivity contribution >= 4 is 41.3 Å². The first-order valence-corrected chi connectivity index (χ1v) is 11.7. The topological polar surface area (TPSA) is 114 Å². The Morgan fingerprint density at radius 1 is 1.06 bits per heavy atom. The standard InChI is InChI=1S/C24H23N3O6S/c1-2-32-23(30)21-16(25-24(31)26-22(21)15-8-4-3-5-9-15)13-33-20(29)12-27-17-10-6-7-11-18(17)34-14-19(27)28/h3-11,22H,2,12-14H2,1H3,(H2,25,26,31). The smallest absolute Gasteiger partial charge is 0.338 e. The van der Waals surface area contributed by atoms with Gasteiger partial charge in [0.05, 0.1) is 35.4 Å². The molecule has 0 bridgehead atoms. The Morgan fingerprint density at radius 2 is 1.79 bits per heavy atom. The number of anilines is 1. The molecule has 10 heteroatoms. The molecule has 0 aliphatic carbocycles. The van der Waals surface area contributed by atoms with Crippen LogP contribution in [-0.4, -0.2) is 49.4 Å². The van der Waals surface area contributed by atoms with E-state index < -0.39 is 24.0 Å². The molecule has 0 aromatic heterocycles. The highest BCUT2D eigenvalue weighted by atomic mass is 32.2. The first kappa shape index (κ1) is 23.4. The molecule has 1 atom stereocenters. The summed E-state index contributed by atoms with van der Waals surface area (Å²) in [5.74, 6) is -1.28. The molecular formula is C24H23N3O6S. The number of para-hydroxylation sites is 1. The molecule has 0 fully saturated rings. The lowest BCUT2D eigenvalue weighted by Gasteiger charge is -2.30. The third kappa shape index (κ3) is 5.07. The number of thioether (sulfide) groups is 1. The Bertz CT molecular complexity index is 1150. The predicted molar refractivity (Wildman–Crippen MR) is 125 cm³/mol. The molecule has 2 heterocycles. The number of amides is 3. The number of hydrogen-bond acceptors (Lipinski definition) is 7. The zero-order valence-electron chi connectivity index (χ0n) is 18.4. The molecule has 3 amide bonds. The van der Waals surface area contributed by atoms with Gasteiger partial charge < -0.3 is 20.1 Å². The highest BCUT2D eigenvalue weighted by molar-refractivity contribution is 8.00. The number of esters is 2. The maximum Gasteiger partial charge on any atom is 0.338 e. The normalized spacial score (nSPS) is 17.4. The van der Waals surface area contributed by atoms with Crippen molar-refractivity contribution in [3.8, 4) is 0 Å². The average Bonchev–Trinajstić information content (AvgIpc) is 2.84. The molecule has 9 nitrogen and oxygen atoms in total. The summed E-state index contributed by atoms with van der Waals surface area (Å²) in [6, 6.07) is 15.0. The van der Waals surface area contributed by atoms with E-state index in [2.05, 4.69) is 10.6 Å². The number of carbonyl (C=O) groups excluding carboxylic acids is 4. The molecule has 0 spiro atoms. The minimum absolute atomic E-state index is 0.130. The van der Waals surface area contributed by atoms with E-state index in [9.17, 15) is 19.2 Å². The van der Waals surface area contributed by atoms with Crippen LogP contribution in [0, 0.1) is 0 Å². The molecule has 2 aliphatic heterocycles. The van der Waals surface area contributed by atoms with Crippen LogP contribution in [0.4, 0.5) is 10.5 Å². The number of nitrogens with one attached hydrogen (secondary N) is 2. The van der Waals surface area contributed by atoms with Gasteiger partial charge in [-0.05, 0) is 24.6 Å². The summed E-state index contributed by atoms with van der Waals surface area (Å²) in [5.41, 5.74) is 1.60. The number of nitrogens with zero attached hydrogens (tertiary/aromatic N) is 1. The molecule has 1 unspecified atom stereocenters. The summed E-state index contributed by atoms with van der Waals surface area (Å²) in [5, 5.41) is 5.27. The van der Waals surface area contributed by atoms with Crippen LogP contribution < -0.4 is 15.5 Å². The minimum Gasteiger partial charge on any atom is -0.463 e. The van der Waals surface area contributed by atoms with Crippen molar-refractivity contribution in [2.24, 2.45) is 0 Å². The summed E-state index contributed by atoms with van der Waals surface area (Å²) in [6.45, 7) is 1.17. The van der Waals surface area contributed by atoms with Gasteiger partial charge in [-0.15, -0.1) is 11.8 Å². The Kier molecular flexibility index (Phi) is 7.17. The zero-order chi connectivity index (χ0) is 24.1. The molecule has 2 aromatic rings. The molecule has 2 aromatic carbocycles. The largest absolute Gasteiger partial charge is 0.463 e. The van der Waals surface area contributed by atoms with Crippen molar-refractivity contribution < 1.29 is 28.7 Å². The lowest BCUT2D eigenvalue weighted by Crippen LogP contribution is -2.47. The van der Waals surface area contributed by atoms with E-state index in [1.54, 1.807) is 43.3 Å². The SMILES string of the molecule is CCOC(=O)C1=C(COC(=O)CN2C(=O)CSc3ccccc32)NC(=O)NC1c1ccccc1. The van der Waals surface area contributed by atoms with Gasteiger partial charge >= 0.3 is 18.0 Å². The molecule has 0 radical (unpaired) electrons. The third-order valence-electron chi connectivity index (χ3n) is 5.25. The maximum absolute atomic E-state index is 12.8. The van der Waals surface area contributed by atoms with Gasteiger partial charge in [0.1, 0.15) is 13.2 Å². The van der Waals surface area contributed by atoms with Crippen LogP contribution in [0.15, 0.2) is 70.8 Å². The highest BCUT2D eigenvalue weighted by Crippen LogP contribution is 2.34. The van der Waals surface area contributed by atoms with Gasteiger partial charge in [0.2, 0.25) is 5.91 Å². The maximum atomic E-state index is 12.8. The molecule has 2 N–H and O–H groups in total. The number of carbonyl (C=O) groups is 4. The molecule has 0 saturated carbocycles. The highest BCUT2D eigenvalue weighted by Gasteiger charge is 2.34. The van der Waals surface area contributed by atoms with Gasteiger partial charge in [0, 0.05) is 4.90 Å². The number of ether oxygens (including phenoxy) is 2. The molecule has 2 aliphatic rings. The van der Waals surface area contributed by atoms with Crippen molar-refractivity contribution in [3.05, 3.63) is 71.4 Å². The monoisotopic (exact) mass is 481 g/mol. The van der Waals surface area contributed by atoms with Gasteiger partial charge in [-0.2, -0.15) is 0 Å². The van der Waals surface area contributed by atoms with Crippen molar-refractivity contribution in [1.82, 2.24) is 10.6 Å². The molecule has 0 saturated heterocycles. The summed E-state index contributed by atoms with van der Waals surface area (Å²) in [4.78, 5) is 52.4. The van der Waals surface area contributed by atoms with Gasteiger partial charge in [0.15, 0.2) is 0 Å². The van der Waals surface area contributed by atoms with Crippen LogP contribution >= 0.6 is 11.8 Å². The Labute approximate surface area is 200 Å². The van der Waals surface area contributed by atoms with Crippen LogP contribution in [-0.2, 0) is 23.9 Å². The lowest BCUT2D eigenvalue weighted by molar-refractivity contribution is -0.143. The zero-order valence-corrected chi connectivity index (χ0v) is 19.2. The summed E-state index contributed by atoms with van der Waals surface area (Å²) in [6.07, 6.45) is 0. The van der Waals surface area contributed by atoms with Crippen LogP contribution in [0.5, 0.6) is 0 Å². The lowest BCUT2D eigenvalue weighted by atomic mass is 9.95. The third-order valence-corrected chi connectivity index (χ3v) is 6.30. The first-order valence-electron chi connectivity index (χ1n) is 10.7. The molecule has 34 heavy (non-hydrogen) atoms. The number of benzene rings is 2. The fourth-order valence-electron chi connectivity index (χ4n) is 3.73.